The zero-order valence-corrected chi connectivity index (χ0v) is 14.3. The second-order valence-corrected chi connectivity index (χ2v) is 6.19. The summed E-state index contributed by atoms with van der Waals surface area (Å²) in [5.74, 6) is -0.185. The Labute approximate surface area is 150 Å². The molecule has 0 bridgehead atoms. The first-order valence-electron chi connectivity index (χ1n) is 7.93. The molecule has 0 radical (unpaired) electrons. The number of amides is 1. The highest BCUT2D eigenvalue weighted by Crippen LogP contribution is 2.35. The average Bonchev–Trinajstić information content (AvgIpc) is 3.09. The van der Waals surface area contributed by atoms with E-state index < -0.39 is 5.66 Å². The number of fused-ring (bicyclic) bond motifs is 1. The van der Waals surface area contributed by atoms with Crippen LogP contribution in [0, 0.1) is 5.82 Å². The van der Waals surface area contributed by atoms with Gasteiger partial charge in [-0.15, -0.1) is 12.4 Å². The Hall–Kier alpha value is -2.54. The Kier molecular flexibility index (Phi) is 4.43. The van der Waals surface area contributed by atoms with Gasteiger partial charge < -0.3 is 20.9 Å². The van der Waals surface area contributed by atoms with Crippen molar-refractivity contribution in [3.8, 4) is 0 Å². The van der Waals surface area contributed by atoms with Crippen molar-refractivity contribution >= 4 is 29.8 Å². The predicted octanol–water partition coefficient (Wildman–Crippen LogP) is 2.34. The fourth-order valence-electron chi connectivity index (χ4n) is 3.40. The van der Waals surface area contributed by atoms with Crippen molar-refractivity contribution in [2.75, 3.05) is 18.4 Å². The van der Waals surface area contributed by atoms with Gasteiger partial charge >= 0.3 is 0 Å². The van der Waals surface area contributed by atoms with Gasteiger partial charge in [0.1, 0.15) is 23.0 Å². The molecule has 4 rings (SSSR count). The molecule has 2 aliphatic rings. The van der Waals surface area contributed by atoms with Crippen LogP contribution in [0.25, 0.3) is 0 Å². The van der Waals surface area contributed by atoms with Crippen LogP contribution in [0.4, 0.5) is 10.1 Å². The first kappa shape index (κ1) is 17.3. The van der Waals surface area contributed by atoms with Gasteiger partial charge in [-0.2, -0.15) is 0 Å². The molecule has 2 aromatic rings. The lowest BCUT2D eigenvalue weighted by atomic mass is 9.93. The molecule has 0 aliphatic carbocycles. The van der Waals surface area contributed by atoms with E-state index in [0.717, 1.165) is 0 Å². The monoisotopic (exact) mass is 363 g/mol. The number of nitrogens with zero attached hydrogens (tertiary/aromatic N) is 2. The number of piperidine rings is 1. The van der Waals surface area contributed by atoms with E-state index in [1.807, 2.05) is 0 Å². The van der Waals surface area contributed by atoms with Gasteiger partial charge in [0, 0.05) is 37.8 Å². The average molecular weight is 364 g/mol. The van der Waals surface area contributed by atoms with Crippen molar-refractivity contribution in [2.45, 2.75) is 18.5 Å². The SMILES string of the molecule is Cl.NC1=NC2(CCN(C(=O)c3ccc[nH]3)CC2)Nc2cccc(F)c21. The summed E-state index contributed by atoms with van der Waals surface area (Å²) in [6.07, 6.45) is 2.98. The van der Waals surface area contributed by atoms with E-state index in [-0.39, 0.29) is 30.0 Å². The number of benzene rings is 1. The van der Waals surface area contributed by atoms with E-state index in [9.17, 15) is 9.18 Å². The van der Waals surface area contributed by atoms with E-state index in [2.05, 4.69) is 15.3 Å². The topological polar surface area (TPSA) is 86.5 Å². The third-order valence-corrected chi connectivity index (χ3v) is 4.68. The lowest BCUT2D eigenvalue weighted by Gasteiger charge is -2.42. The molecular weight excluding hydrogens is 345 g/mol. The minimum Gasteiger partial charge on any atom is -0.383 e. The summed E-state index contributed by atoms with van der Waals surface area (Å²) in [5.41, 5.74) is 7.00. The van der Waals surface area contributed by atoms with E-state index >= 15 is 0 Å². The number of carbonyl (C=O) groups is 1. The first-order chi connectivity index (χ1) is 11.6. The number of H-pyrrole nitrogens is 1. The molecule has 132 valence electrons. The molecule has 3 heterocycles. The molecular formula is C17H19ClFN5O. The molecule has 1 fully saturated rings. The van der Waals surface area contributed by atoms with Crippen LogP contribution in [0.3, 0.4) is 0 Å². The number of carbonyl (C=O) groups excluding carboxylic acids is 1. The number of aromatic amines is 1. The Balaban J connectivity index is 0.00000182. The molecule has 6 nitrogen and oxygen atoms in total. The standard InChI is InChI=1S/C17H18FN5O.ClH/c18-11-3-1-4-12-14(11)15(19)22-17(21-12)6-9-23(10-7-17)16(24)13-5-2-8-20-13;/h1-5,8,20-21H,6-7,9-10H2,(H2,19,22);1H. The van der Waals surface area contributed by atoms with Crippen LogP contribution in [0.15, 0.2) is 41.5 Å². The van der Waals surface area contributed by atoms with Gasteiger partial charge in [-0.1, -0.05) is 6.07 Å². The number of hydrogen-bond donors (Lipinski definition) is 3. The minimum absolute atomic E-state index is 0. The molecule has 0 unspecified atom stereocenters. The fraction of sp³-hybridized carbons (Fsp3) is 0.294. The zero-order valence-electron chi connectivity index (χ0n) is 13.5. The number of aliphatic imine (C=N–C) groups is 1. The van der Waals surface area contributed by atoms with Crippen molar-refractivity contribution in [1.29, 1.82) is 0 Å². The Morgan fingerprint density at radius 2 is 2.00 bits per heavy atom. The molecule has 1 saturated heterocycles. The summed E-state index contributed by atoms with van der Waals surface area (Å²) in [7, 11) is 0. The second-order valence-electron chi connectivity index (χ2n) is 6.19. The summed E-state index contributed by atoms with van der Waals surface area (Å²) >= 11 is 0. The minimum atomic E-state index is -0.572. The fourth-order valence-corrected chi connectivity index (χ4v) is 3.40. The molecule has 25 heavy (non-hydrogen) atoms. The van der Waals surface area contributed by atoms with Crippen LogP contribution in [0.2, 0.25) is 0 Å². The Morgan fingerprint density at radius 1 is 1.24 bits per heavy atom. The molecule has 0 saturated carbocycles. The molecule has 2 aliphatic heterocycles. The van der Waals surface area contributed by atoms with Gasteiger partial charge in [0.2, 0.25) is 0 Å². The number of aromatic nitrogens is 1. The largest absolute Gasteiger partial charge is 0.383 e. The van der Waals surface area contributed by atoms with Gasteiger partial charge in [-0.3, -0.25) is 4.79 Å². The maximum Gasteiger partial charge on any atom is 0.270 e. The van der Waals surface area contributed by atoms with Crippen LogP contribution < -0.4 is 11.1 Å². The highest BCUT2D eigenvalue weighted by atomic mass is 35.5. The maximum atomic E-state index is 13.9. The van der Waals surface area contributed by atoms with E-state index in [1.54, 1.807) is 35.4 Å². The Morgan fingerprint density at radius 3 is 2.68 bits per heavy atom. The summed E-state index contributed by atoms with van der Waals surface area (Å²) in [6, 6.07) is 8.40. The summed E-state index contributed by atoms with van der Waals surface area (Å²) in [4.78, 5) is 21.7. The third-order valence-electron chi connectivity index (χ3n) is 4.68. The molecule has 0 atom stereocenters. The normalized spacial score (nSPS) is 18.0. The molecule has 1 amide bonds. The van der Waals surface area contributed by atoms with Gasteiger partial charge in [0.25, 0.3) is 5.91 Å². The zero-order chi connectivity index (χ0) is 16.7. The van der Waals surface area contributed by atoms with Crippen molar-refractivity contribution in [1.82, 2.24) is 9.88 Å². The van der Waals surface area contributed by atoms with Crippen molar-refractivity contribution in [3.63, 3.8) is 0 Å². The number of likely N-dealkylation sites (tertiary alicyclic amines) is 1. The quantitative estimate of drug-likeness (QED) is 0.726. The highest BCUT2D eigenvalue weighted by Gasteiger charge is 2.39. The van der Waals surface area contributed by atoms with E-state index in [0.29, 0.717) is 42.9 Å². The van der Waals surface area contributed by atoms with E-state index in [4.69, 9.17) is 5.73 Å². The summed E-state index contributed by atoms with van der Waals surface area (Å²) in [6.45, 7) is 1.12. The van der Waals surface area contributed by atoms with Gasteiger partial charge in [0.05, 0.1) is 5.56 Å². The number of amidine groups is 1. The second kappa shape index (κ2) is 6.40. The number of hydrogen-bond acceptors (Lipinski definition) is 4. The highest BCUT2D eigenvalue weighted by molar-refractivity contribution is 6.04. The summed E-state index contributed by atoms with van der Waals surface area (Å²) in [5, 5.41) is 3.32. The van der Waals surface area contributed by atoms with Crippen molar-refractivity contribution in [2.24, 2.45) is 10.7 Å². The maximum absolute atomic E-state index is 13.9. The molecule has 1 aromatic heterocycles. The number of nitrogens with two attached hydrogens (primary N) is 1. The Bertz CT molecular complexity index is 812. The molecule has 8 heteroatoms. The number of rotatable bonds is 1. The van der Waals surface area contributed by atoms with Crippen LogP contribution >= 0.6 is 12.4 Å². The van der Waals surface area contributed by atoms with Crippen LogP contribution in [-0.4, -0.2) is 40.4 Å². The molecule has 1 aromatic carbocycles. The van der Waals surface area contributed by atoms with Crippen LogP contribution in [0.5, 0.6) is 0 Å². The van der Waals surface area contributed by atoms with E-state index in [1.165, 1.54) is 6.07 Å². The van der Waals surface area contributed by atoms with Gasteiger partial charge in [0.15, 0.2) is 0 Å². The molecule has 4 N–H and O–H groups in total. The van der Waals surface area contributed by atoms with Gasteiger partial charge in [-0.25, -0.2) is 9.38 Å². The number of anilines is 1. The summed E-state index contributed by atoms with van der Waals surface area (Å²) < 4.78 is 13.9. The number of halogens is 2. The van der Waals surface area contributed by atoms with Crippen molar-refractivity contribution in [3.05, 3.63) is 53.6 Å². The molecule has 1 spiro atoms. The lowest BCUT2D eigenvalue weighted by Crippen LogP contribution is -2.52. The smallest absolute Gasteiger partial charge is 0.270 e. The van der Waals surface area contributed by atoms with Crippen LogP contribution in [0.1, 0.15) is 28.9 Å². The lowest BCUT2D eigenvalue weighted by molar-refractivity contribution is 0.0680. The van der Waals surface area contributed by atoms with Gasteiger partial charge in [-0.05, 0) is 24.3 Å². The predicted molar refractivity (Wildman–Crippen MR) is 96.7 cm³/mol. The van der Waals surface area contributed by atoms with Crippen molar-refractivity contribution < 1.29 is 9.18 Å². The number of nitrogens with one attached hydrogen (secondary N) is 2. The third kappa shape index (κ3) is 2.95. The first-order valence-corrected chi connectivity index (χ1v) is 7.93. The van der Waals surface area contributed by atoms with Crippen LogP contribution in [-0.2, 0) is 0 Å².